The lowest BCUT2D eigenvalue weighted by Crippen LogP contribution is -2.42. The van der Waals surface area contributed by atoms with Crippen LogP contribution in [0.15, 0.2) is 24.3 Å². The van der Waals surface area contributed by atoms with E-state index in [4.69, 9.17) is 5.11 Å². The van der Waals surface area contributed by atoms with Crippen molar-refractivity contribution in [3.05, 3.63) is 51.0 Å². The maximum atomic E-state index is 12.0. The summed E-state index contributed by atoms with van der Waals surface area (Å²) in [5, 5.41) is 9.78. The third kappa shape index (κ3) is 3.29. The first-order chi connectivity index (χ1) is 10.4. The molecule has 2 amide bonds. The normalized spacial score (nSPS) is 10.1. The first kappa shape index (κ1) is 15.6. The number of amides is 2. The van der Waals surface area contributed by atoms with E-state index in [0.29, 0.717) is 10.6 Å². The number of hydrazine groups is 1. The van der Waals surface area contributed by atoms with Crippen molar-refractivity contribution in [3.63, 3.8) is 0 Å². The molecule has 0 bridgehead atoms. The summed E-state index contributed by atoms with van der Waals surface area (Å²) >= 11 is 1.21. The van der Waals surface area contributed by atoms with Gasteiger partial charge in [0.1, 0.15) is 4.88 Å². The van der Waals surface area contributed by atoms with E-state index < -0.39 is 17.8 Å². The molecule has 0 radical (unpaired) electrons. The van der Waals surface area contributed by atoms with Crippen molar-refractivity contribution >= 4 is 29.1 Å². The van der Waals surface area contributed by atoms with E-state index in [-0.39, 0.29) is 11.1 Å². The van der Waals surface area contributed by atoms with Crippen molar-refractivity contribution in [1.29, 1.82) is 0 Å². The molecule has 2 rings (SSSR count). The molecule has 0 aliphatic carbocycles. The van der Waals surface area contributed by atoms with Gasteiger partial charge in [-0.2, -0.15) is 0 Å². The summed E-state index contributed by atoms with van der Waals surface area (Å²) in [6.07, 6.45) is 0. The summed E-state index contributed by atoms with van der Waals surface area (Å²) in [6, 6.07) is 5.74. The van der Waals surface area contributed by atoms with Crippen LogP contribution >= 0.6 is 11.3 Å². The van der Waals surface area contributed by atoms with Gasteiger partial charge in [0.15, 0.2) is 0 Å². The maximum absolute atomic E-state index is 12.0. The third-order valence-corrected chi connectivity index (χ3v) is 3.87. The van der Waals surface area contributed by atoms with Gasteiger partial charge in [0.25, 0.3) is 11.8 Å². The van der Waals surface area contributed by atoms with E-state index in [0.717, 1.165) is 5.01 Å². The number of hydrogen-bond acceptors (Lipinski definition) is 5. The molecule has 0 aliphatic rings. The fourth-order valence-corrected chi connectivity index (χ4v) is 2.66. The summed E-state index contributed by atoms with van der Waals surface area (Å²) in [5.41, 5.74) is 4.86. The van der Waals surface area contributed by atoms with Crippen molar-refractivity contribution < 1.29 is 19.5 Å². The molecule has 7 nitrogen and oxygen atoms in total. The molecule has 2 aromatic rings. The molecular weight excluding hydrogens is 306 g/mol. The Bertz CT molecular complexity index is 754. The van der Waals surface area contributed by atoms with E-state index >= 15 is 0 Å². The summed E-state index contributed by atoms with van der Waals surface area (Å²) in [5.74, 6) is -2.42. The van der Waals surface area contributed by atoms with Crippen LogP contribution in [-0.4, -0.2) is 27.9 Å². The summed E-state index contributed by atoms with van der Waals surface area (Å²) in [6.45, 7) is 3.47. The Kier molecular flexibility index (Phi) is 4.52. The van der Waals surface area contributed by atoms with Gasteiger partial charge in [-0.15, -0.1) is 11.3 Å². The SMILES string of the molecule is Cc1nc(C)c(C(=O)NNC(=O)c2ccccc2C(=O)O)s1. The quantitative estimate of drug-likeness (QED) is 0.744. The van der Waals surface area contributed by atoms with Gasteiger partial charge in [-0.1, -0.05) is 12.1 Å². The number of nitrogens with zero attached hydrogens (tertiary/aromatic N) is 1. The van der Waals surface area contributed by atoms with Crippen LogP contribution in [0.4, 0.5) is 0 Å². The van der Waals surface area contributed by atoms with Crippen LogP contribution in [0, 0.1) is 13.8 Å². The van der Waals surface area contributed by atoms with E-state index in [9.17, 15) is 14.4 Å². The Balaban J connectivity index is 2.09. The number of carboxylic acids is 1. The zero-order valence-electron chi connectivity index (χ0n) is 11.8. The second-order valence-electron chi connectivity index (χ2n) is 4.41. The van der Waals surface area contributed by atoms with Crippen molar-refractivity contribution in [2.75, 3.05) is 0 Å². The third-order valence-electron chi connectivity index (χ3n) is 2.80. The zero-order chi connectivity index (χ0) is 16.3. The number of aryl methyl sites for hydroxylation is 2. The molecule has 114 valence electrons. The molecule has 3 N–H and O–H groups in total. The van der Waals surface area contributed by atoms with E-state index in [1.807, 2.05) is 0 Å². The highest BCUT2D eigenvalue weighted by molar-refractivity contribution is 7.13. The Hall–Kier alpha value is -2.74. The van der Waals surface area contributed by atoms with Gasteiger partial charge in [0.2, 0.25) is 0 Å². The largest absolute Gasteiger partial charge is 0.478 e. The highest BCUT2D eigenvalue weighted by Gasteiger charge is 2.18. The predicted octanol–water partition coefficient (Wildman–Crippen LogP) is 1.53. The van der Waals surface area contributed by atoms with E-state index in [2.05, 4.69) is 15.8 Å². The lowest BCUT2D eigenvalue weighted by atomic mass is 10.1. The zero-order valence-corrected chi connectivity index (χ0v) is 12.7. The maximum Gasteiger partial charge on any atom is 0.336 e. The van der Waals surface area contributed by atoms with Crippen LogP contribution in [0.5, 0.6) is 0 Å². The van der Waals surface area contributed by atoms with Gasteiger partial charge in [0, 0.05) is 0 Å². The van der Waals surface area contributed by atoms with Gasteiger partial charge < -0.3 is 5.11 Å². The van der Waals surface area contributed by atoms with Gasteiger partial charge >= 0.3 is 5.97 Å². The number of hydrogen-bond donors (Lipinski definition) is 3. The number of carbonyl (C=O) groups excluding carboxylic acids is 2. The molecule has 0 saturated carbocycles. The molecule has 1 aromatic carbocycles. The molecule has 0 atom stereocenters. The van der Waals surface area contributed by atoms with Crippen LogP contribution < -0.4 is 10.9 Å². The van der Waals surface area contributed by atoms with Gasteiger partial charge in [-0.05, 0) is 26.0 Å². The molecule has 0 saturated heterocycles. The summed E-state index contributed by atoms with van der Waals surface area (Å²) in [4.78, 5) is 39.5. The topological polar surface area (TPSA) is 108 Å². The van der Waals surface area contributed by atoms with Gasteiger partial charge in [-0.25, -0.2) is 9.78 Å². The van der Waals surface area contributed by atoms with Crippen molar-refractivity contribution in [2.24, 2.45) is 0 Å². The minimum atomic E-state index is -1.22. The van der Waals surface area contributed by atoms with Crippen LogP contribution in [0.2, 0.25) is 0 Å². The lowest BCUT2D eigenvalue weighted by molar-refractivity contribution is 0.0690. The number of thiazole rings is 1. The minimum Gasteiger partial charge on any atom is -0.478 e. The molecular formula is C14H13N3O4S. The number of aromatic carboxylic acids is 1. The van der Waals surface area contributed by atoms with Crippen LogP contribution in [0.3, 0.4) is 0 Å². The Labute approximate surface area is 130 Å². The minimum absolute atomic E-state index is 0.0347. The predicted molar refractivity (Wildman–Crippen MR) is 79.9 cm³/mol. The fourth-order valence-electron chi connectivity index (χ4n) is 1.85. The van der Waals surface area contributed by atoms with Crippen LogP contribution in [0.1, 0.15) is 41.1 Å². The van der Waals surface area contributed by atoms with Crippen molar-refractivity contribution in [3.8, 4) is 0 Å². The molecule has 0 spiro atoms. The molecule has 1 aromatic heterocycles. The van der Waals surface area contributed by atoms with Crippen molar-refractivity contribution in [2.45, 2.75) is 13.8 Å². The van der Waals surface area contributed by atoms with E-state index in [1.54, 1.807) is 19.9 Å². The molecule has 8 heteroatoms. The van der Waals surface area contributed by atoms with Crippen LogP contribution in [-0.2, 0) is 0 Å². The fraction of sp³-hybridized carbons (Fsp3) is 0.143. The molecule has 0 aliphatic heterocycles. The average molecular weight is 319 g/mol. The van der Waals surface area contributed by atoms with Crippen molar-refractivity contribution in [1.82, 2.24) is 15.8 Å². The van der Waals surface area contributed by atoms with Gasteiger partial charge in [-0.3, -0.25) is 20.4 Å². The Morgan fingerprint density at radius 3 is 2.18 bits per heavy atom. The number of benzene rings is 1. The summed E-state index contributed by atoms with van der Waals surface area (Å²) in [7, 11) is 0. The smallest absolute Gasteiger partial charge is 0.336 e. The second-order valence-corrected chi connectivity index (χ2v) is 5.61. The number of rotatable bonds is 3. The first-order valence-electron chi connectivity index (χ1n) is 6.27. The Morgan fingerprint density at radius 2 is 1.64 bits per heavy atom. The molecule has 0 fully saturated rings. The second kappa shape index (κ2) is 6.35. The standard InChI is InChI=1S/C14H13N3O4S/c1-7-11(22-8(2)15-7)13(19)17-16-12(18)9-5-3-4-6-10(9)14(20)21/h3-6H,1-2H3,(H,16,18)(H,17,19)(H,20,21). The number of nitrogens with one attached hydrogen (secondary N) is 2. The molecule has 0 unspecified atom stereocenters. The number of carboxylic acid groups (broad SMARTS) is 1. The Morgan fingerprint density at radius 1 is 1.05 bits per heavy atom. The highest BCUT2D eigenvalue weighted by atomic mass is 32.1. The number of carbonyl (C=O) groups is 3. The summed E-state index contributed by atoms with van der Waals surface area (Å²) < 4.78 is 0. The first-order valence-corrected chi connectivity index (χ1v) is 7.09. The molecule has 1 heterocycles. The average Bonchev–Trinajstić information content (AvgIpc) is 2.83. The van der Waals surface area contributed by atoms with E-state index in [1.165, 1.54) is 29.5 Å². The number of aromatic nitrogens is 1. The lowest BCUT2D eigenvalue weighted by Gasteiger charge is -2.08. The van der Waals surface area contributed by atoms with Gasteiger partial charge in [0.05, 0.1) is 21.8 Å². The highest BCUT2D eigenvalue weighted by Crippen LogP contribution is 2.16. The van der Waals surface area contributed by atoms with Crippen LogP contribution in [0.25, 0.3) is 0 Å². The molecule has 22 heavy (non-hydrogen) atoms. The monoisotopic (exact) mass is 319 g/mol.